The van der Waals surface area contributed by atoms with Gasteiger partial charge >= 0.3 is 6.03 Å². The molecule has 2 aromatic heterocycles. The molecule has 7 rings (SSSR count). The molecule has 0 saturated carbocycles. The number of nitrogens with one attached hydrogen (secondary N) is 2. The number of urea groups is 1. The van der Waals surface area contributed by atoms with E-state index in [0.29, 0.717) is 58.8 Å². The Morgan fingerprint density at radius 2 is 1.95 bits per heavy atom. The van der Waals surface area contributed by atoms with Crippen LogP contribution in [0.1, 0.15) is 34.5 Å². The highest BCUT2D eigenvalue weighted by Crippen LogP contribution is 2.46. The molecule has 5 heterocycles. The third-order valence-electron chi connectivity index (χ3n) is 8.19. The minimum atomic E-state index is -0.361. The summed E-state index contributed by atoms with van der Waals surface area (Å²) >= 11 is 1.25. The van der Waals surface area contributed by atoms with Gasteiger partial charge in [-0.15, -0.1) is 11.3 Å². The molecule has 0 bridgehead atoms. The van der Waals surface area contributed by atoms with Crippen LogP contribution in [0.5, 0.6) is 11.5 Å². The number of benzene rings is 2. The van der Waals surface area contributed by atoms with E-state index in [2.05, 4.69) is 15.6 Å². The van der Waals surface area contributed by atoms with Gasteiger partial charge < -0.3 is 25.0 Å². The topological polar surface area (TPSA) is 113 Å². The predicted molar refractivity (Wildman–Crippen MR) is 164 cm³/mol. The van der Waals surface area contributed by atoms with Gasteiger partial charge in [-0.05, 0) is 68.1 Å². The van der Waals surface area contributed by atoms with Crippen LogP contribution in [0.3, 0.4) is 0 Å². The number of pyridine rings is 1. The largest absolute Gasteiger partial charge is 0.457 e. The van der Waals surface area contributed by atoms with Crippen LogP contribution in [0.4, 0.5) is 21.9 Å². The minimum absolute atomic E-state index is 0.0969. The van der Waals surface area contributed by atoms with Crippen LogP contribution in [0.2, 0.25) is 0 Å². The Kier molecular flexibility index (Phi) is 7.20. The molecule has 4 aromatic rings. The van der Waals surface area contributed by atoms with Crippen LogP contribution in [0, 0.1) is 12.8 Å². The lowest BCUT2D eigenvalue weighted by Gasteiger charge is -2.34. The van der Waals surface area contributed by atoms with E-state index in [1.54, 1.807) is 17.2 Å². The fraction of sp³-hybridized carbons (Fsp3) is 0.312. The van der Waals surface area contributed by atoms with Crippen molar-refractivity contribution in [2.24, 2.45) is 5.92 Å². The number of anilines is 3. The number of rotatable bonds is 6. The SMILES string of the molecule is Cc1cc(Oc2ccccc2)ccc1N1C(=O)Nc2c(C(=O)NC3CCCN(C(=O)C4CCOC4)C3)sc3nccc1c23. The third-order valence-corrected chi connectivity index (χ3v) is 9.28. The van der Waals surface area contributed by atoms with E-state index in [1.807, 2.05) is 60.4 Å². The molecule has 10 nitrogen and oxygen atoms in total. The summed E-state index contributed by atoms with van der Waals surface area (Å²) in [6, 6.07) is 16.4. The van der Waals surface area contributed by atoms with E-state index in [0.717, 1.165) is 36.0 Å². The fourth-order valence-corrected chi connectivity index (χ4v) is 7.11. The Hall–Kier alpha value is -4.48. The van der Waals surface area contributed by atoms with Crippen molar-refractivity contribution in [3.8, 4) is 11.5 Å². The monoisotopic (exact) mass is 597 g/mol. The lowest BCUT2D eigenvalue weighted by molar-refractivity contribution is -0.136. The number of likely N-dealkylation sites (tertiary alicyclic amines) is 1. The highest BCUT2D eigenvalue weighted by atomic mass is 32.1. The average molecular weight is 598 g/mol. The number of ether oxygens (including phenoxy) is 2. The first-order valence-electron chi connectivity index (χ1n) is 14.5. The fourth-order valence-electron chi connectivity index (χ4n) is 6.08. The summed E-state index contributed by atoms with van der Waals surface area (Å²) in [6.45, 7) is 4.17. The summed E-state index contributed by atoms with van der Waals surface area (Å²) < 4.78 is 11.4. The van der Waals surface area contributed by atoms with Gasteiger partial charge in [-0.2, -0.15) is 0 Å². The van der Waals surface area contributed by atoms with Crippen molar-refractivity contribution in [1.82, 2.24) is 15.2 Å². The van der Waals surface area contributed by atoms with Crippen molar-refractivity contribution in [3.63, 3.8) is 0 Å². The first-order chi connectivity index (χ1) is 21.0. The smallest absolute Gasteiger partial charge is 0.331 e. The van der Waals surface area contributed by atoms with Gasteiger partial charge in [-0.1, -0.05) is 18.2 Å². The normalized spacial score (nSPS) is 19.8. The number of carbonyl (C=O) groups excluding carboxylic acids is 3. The van der Waals surface area contributed by atoms with E-state index in [9.17, 15) is 14.4 Å². The van der Waals surface area contributed by atoms with Gasteiger partial charge in [0.1, 0.15) is 21.2 Å². The average Bonchev–Trinajstić information content (AvgIpc) is 3.68. The molecular weight excluding hydrogens is 566 g/mol. The number of aryl methyl sites for hydroxylation is 1. The number of hydrogen-bond acceptors (Lipinski definition) is 7. The molecule has 220 valence electrons. The van der Waals surface area contributed by atoms with E-state index in [1.165, 1.54) is 11.3 Å². The summed E-state index contributed by atoms with van der Waals surface area (Å²) in [4.78, 5) is 49.2. The Morgan fingerprint density at radius 3 is 2.74 bits per heavy atom. The Labute approximate surface area is 252 Å². The zero-order valence-electron chi connectivity index (χ0n) is 23.7. The highest BCUT2D eigenvalue weighted by molar-refractivity contribution is 7.21. The molecule has 2 saturated heterocycles. The second kappa shape index (κ2) is 11.3. The predicted octanol–water partition coefficient (Wildman–Crippen LogP) is 5.84. The zero-order chi connectivity index (χ0) is 29.5. The number of nitrogens with zero attached hydrogens (tertiary/aromatic N) is 3. The Bertz CT molecular complexity index is 1720. The number of piperidine rings is 1. The van der Waals surface area contributed by atoms with Crippen molar-refractivity contribution in [2.75, 3.05) is 36.5 Å². The van der Waals surface area contributed by atoms with Crippen LogP contribution in [0.25, 0.3) is 10.2 Å². The maximum atomic E-state index is 13.6. The molecular formula is C32H31N5O5S. The number of hydrogen-bond donors (Lipinski definition) is 2. The summed E-state index contributed by atoms with van der Waals surface area (Å²) in [5.74, 6) is 1.12. The lowest BCUT2D eigenvalue weighted by atomic mass is 10.0. The van der Waals surface area contributed by atoms with Gasteiger partial charge in [0.05, 0.1) is 35.0 Å². The van der Waals surface area contributed by atoms with Crippen molar-refractivity contribution in [2.45, 2.75) is 32.2 Å². The Balaban J connectivity index is 1.13. The summed E-state index contributed by atoms with van der Waals surface area (Å²) in [5.41, 5.74) is 2.68. The molecule has 3 aliphatic rings. The maximum absolute atomic E-state index is 13.6. The molecule has 11 heteroatoms. The summed E-state index contributed by atoms with van der Waals surface area (Å²) in [6.07, 6.45) is 4.00. The molecule has 2 aromatic carbocycles. The number of thiophene rings is 1. The molecule has 0 spiro atoms. The first kappa shape index (κ1) is 27.4. The van der Waals surface area contributed by atoms with Crippen molar-refractivity contribution < 1.29 is 23.9 Å². The molecule has 0 radical (unpaired) electrons. The maximum Gasteiger partial charge on any atom is 0.331 e. The number of aromatic nitrogens is 1. The van der Waals surface area contributed by atoms with E-state index in [4.69, 9.17) is 9.47 Å². The molecule has 3 aliphatic heterocycles. The second-order valence-electron chi connectivity index (χ2n) is 11.1. The van der Waals surface area contributed by atoms with E-state index in [-0.39, 0.29) is 29.8 Å². The quantitative estimate of drug-likeness (QED) is 0.289. The number of para-hydroxylation sites is 1. The molecule has 0 aliphatic carbocycles. The van der Waals surface area contributed by atoms with Crippen LogP contribution >= 0.6 is 11.3 Å². The van der Waals surface area contributed by atoms with Gasteiger partial charge in [-0.25, -0.2) is 9.78 Å². The second-order valence-corrected chi connectivity index (χ2v) is 12.1. The van der Waals surface area contributed by atoms with E-state index >= 15 is 0 Å². The standard InChI is InChI=1S/C32H31N5O5S/c1-19-16-23(42-22-7-3-2-4-8-22)9-10-24(19)37-25-11-13-33-30-26(25)27(35-32(37)40)28(43-30)29(38)34-21-6-5-14-36(17-21)31(39)20-12-15-41-18-20/h2-4,7-11,13,16,20-21H,5-6,12,14-15,17-18H2,1H3,(H,34,38)(H,35,40). The molecule has 2 fully saturated rings. The highest BCUT2D eigenvalue weighted by Gasteiger charge is 2.35. The molecule has 43 heavy (non-hydrogen) atoms. The van der Waals surface area contributed by atoms with Crippen molar-refractivity contribution >= 4 is 56.5 Å². The molecule has 2 atom stereocenters. The van der Waals surface area contributed by atoms with Gasteiger partial charge in [0.15, 0.2) is 0 Å². The van der Waals surface area contributed by atoms with Crippen LogP contribution in [0.15, 0.2) is 60.8 Å². The Morgan fingerprint density at radius 1 is 1.09 bits per heavy atom. The van der Waals surface area contributed by atoms with Crippen LogP contribution in [-0.2, 0) is 9.53 Å². The van der Waals surface area contributed by atoms with Gasteiger partial charge in [0, 0.05) is 31.9 Å². The lowest BCUT2D eigenvalue weighted by Crippen LogP contribution is -2.51. The third kappa shape index (κ3) is 5.19. The van der Waals surface area contributed by atoms with Crippen molar-refractivity contribution in [1.29, 1.82) is 0 Å². The van der Waals surface area contributed by atoms with Crippen LogP contribution < -0.4 is 20.3 Å². The molecule has 2 N–H and O–H groups in total. The van der Waals surface area contributed by atoms with Gasteiger partial charge in [0.2, 0.25) is 5.91 Å². The molecule has 2 unspecified atom stereocenters. The number of carbonyl (C=O) groups is 3. The first-order valence-corrected chi connectivity index (χ1v) is 15.3. The zero-order valence-corrected chi connectivity index (χ0v) is 24.5. The van der Waals surface area contributed by atoms with Crippen LogP contribution in [-0.4, -0.2) is 60.1 Å². The molecule has 4 amide bonds. The van der Waals surface area contributed by atoms with Crippen molar-refractivity contribution in [3.05, 3.63) is 71.2 Å². The summed E-state index contributed by atoms with van der Waals surface area (Å²) in [5, 5.41) is 6.82. The van der Waals surface area contributed by atoms with Gasteiger partial charge in [0.25, 0.3) is 5.91 Å². The van der Waals surface area contributed by atoms with Gasteiger partial charge in [-0.3, -0.25) is 14.5 Å². The minimum Gasteiger partial charge on any atom is -0.457 e. The summed E-state index contributed by atoms with van der Waals surface area (Å²) in [7, 11) is 0. The van der Waals surface area contributed by atoms with E-state index < -0.39 is 0 Å². The number of amides is 4.